The van der Waals surface area contributed by atoms with Gasteiger partial charge in [0, 0.05) is 37.9 Å². The number of hydrogen-bond acceptors (Lipinski definition) is 5. The van der Waals surface area contributed by atoms with Crippen molar-refractivity contribution >= 4 is 11.8 Å². The second-order valence-electron chi connectivity index (χ2n) is 7.46. The van der Waals surface area contributed by atoms with Gasteiger partial charge in [-0.15, -0.1) is 0 Å². The summed E-state index contributed by atoms with van der Waals surface area (Å²) >= 11 is 0. The van der Waals surface area contributed by atoms with E-state index in [0.29, 0.717) is 42.4 Å². The molecule has 0 aliphatic carbocycles. The number of rotatable bonds is 5. The summed E-state index contributed by atoms with van der Waals surface area (Å²) in [6.07, 6.45) is 4.95. The molecule has 8 heteroatoms. The molecule has 8 nitrogen and oxygen atoms in total. The maximum absolute atomic E-state index is 12.6. The molecule has 154 valence electrons. The molecule has 3 heterocycles. The first-order valence-corrected chi connectivity index (χ1v) is 10.1. The Kier molecular flexibility index (Phi) is 5.83. The highest BCUT2D eigenvalue weighted by atomic mass is 16.2. The Morgan fingerprint density at radius 3 is 2.80 bits per heavy atom. The Hall–Kier alpha value is -3.55. The molecule has 4 rings (SSSR count). The van der Waals surface area contributed by atoms with E-state index in [0.717, 1.165) is 18.4 Å². The van der Waals surface area contributed by atoms with Crippen LogP contribution in [0.2, 0.25) is 0 Å². The Morgan fingerprint density at radius 2 is 2.07 bits per heavy atom. The van der Waals surface area contributed by atoms with E-state index in [4.69, 9.17) is 0 Å². The van der Waals surface area contributed by atoms with Crippen LogP contribution in [0.25, 0.3) is 0 Å². The first kappa shape index (κ1) is 19.8. The van der Waals surface area contributed by atoms with Crippen molar-refractivity contribution in [3.05, 3.63) is 77.1 Å². The Bertz CT molecular complexity index is 1020. The summed E-state index contributed by atoms with van der Waals surface area (Å²) in [6.45, 7) is 3.53. The number of H-pyrrole nitrogens is 1. The van der Waals surface area contributed by atoms with Crippen LogP contribution in [0, 0.1) is 6.92 Å². The standard InChI is InChI=1S/C22H24N6O2/c1-15-18(21(29)24-12-16-6-3-2-4-7-16)13-23-20(26-15)17-8-5-11-28(14-17)22(30)19-9-10-25-27-19/h2-4,6-7,9-10,13,17H,5,8,11-12,14H2,1H3,(H,24,29)(H,25,27)/t17-/m0/s1. The maximum atomic E-state index is 12.6. The van der Waals surface area contributed by atoms with Crippen molar-refractivity contribution in [1.82, 2.24) is 30.4 Å². The number of amides is 2. The van der Waals surface area contributed by atoms with Crippen molar-refractivity contribution in [3.63, 3.8) is 0 Å². The smallest absolute Gasteiger partial charge is 0.271 e. The number of likely N-dealkylation sites (tertiary alicyclic amines) is 1. The van der Waals surface area contributed by atoms with Gasteiger partial charge in [-0.25, -0.2) is 9.97 Å². The number of benzene rings is 1. The first-order valence-electron chi connectivity index (χ1n) is 10.1. The second-order valence-corrected chi connectivity index (χ2v) is 7.46. The molecule has 1 aromatic carbocycles. The van der Waals surface area contributed by atoms with Gasteiger partial charge in [-0.3, -0.25) is 14.7 Å². The number of carbonyl (C=O) groups excluding carboxylic acids is 2. The normalized spacial score (nSPS) is 16.3. The summed E-state index contributed by atoms with van der Waals surface area (Å²) in [5.41, 5.74) is 2.63. The van der Waals surface area contributed by atoms with Gasteiger partial charge in [0.15, 0.2) is 0 Å². The number of piperidine rings is 1. The van der Waals surface area contributed by atoms with Crippen LogP contribution >= 0.6 is 0 Å². The fourth-order valence-corrected chi connectivity index (χ4v) is 3.70. The molecule has 0 radical (unpaired) electrons. The highest BCUT2D eigenvalue weighted by Crippen LogP contribution is 2.25. The summed E-state index contributed by atoms with van der Waals surface area (Å²) in [5, 5.41) is 9.49. The fourth-order valence-electron chi connectivity index (χ4n) is 3.70. The van der Waals surface area contributed by atoms with E-state index in [1.807, 2.05) is 37.3 Å². The predicted molar refractivity (Wildman–Crippen MR) is 111 cm³/mol. The molecule has 1 fully saturated rings. The topological polar surface area (TPSA) is 104 Å². The van der Waals surface area contributed by atoms with Crippen LogP contribution < -0.4 is 5.32 Å². The SMILES string of the molecule is Cc1nc([C@H]2CCCN(C(=O)c3ccn[nH]3)C2)ncc1C(=O)NCc1ccccc1. The van der Waals surface area contributed by atoms with E-state index >= 15 is 0 Å². The van der Waals surface area contributed by atoms with Gasteiger partial charge in [0.05, 0.1) is 11.3 Å². The molecule has 3 aromatic rings. The predicted octanol–water partition coefficient (Wildman–Crippen LogP) is 2.46. The number of nitrogens with zero attached hydrogens (tertiary/aromatic N) is 4. The number of aryl methyl sites for hydroxylation is 1. The Balaban J connectivity index is 1.42. The number of aromatic nitrogens is 4. The van der Waals surface area contributed by atoms with Crippen LogP contribution in [-0.4, -0.2) is 50.0 Å². The summed E-state index contributed by atoms with van der Waals surface area (Å²) in [5.74, 6) is 0.466. The van der Waals surface area contributed by atoms with Crippen molar-refractivity contribution in [2.45, 2.75) is 32.2 Å². The summed E-state index contributed by atoms with van der Waals surface area (Å²) < 4.78 is 0. The second kappa shape index (κ2) is 8.86. The van der Waals surface area contributed by atoms with Crippen molar-refractivity contribution in [3.8, 4) is 0 Å². The molecular weight excluding hydrogens is 380 g/mol. The van der Waals surface area contributed by atoms with E-state index in [1.165, 1.54) is 0 Å². The van der Waals surface area contributed by atoms with E-state index in [1.54, 1.807) is 23.4 Å². The molecule has 0 saturated carbocycles. The van der Waals surface area contributed by atoms with Crippen LogP contribution in [0.5, 0.6) is 0 Å². The van der Waals surface area contributed by atoms with Crippen LogP contribution in [0.4, 0.5) is 0 Å². The van der Waals surface area contributed by atoms with Crippen molar-refractivity contribution in [2.75, 3.05) is 13.1 Å². The number of aromatic amines is 1. The molecule has 2 N–H and O–H groups in total. The average molecular weight is 404 g/mol. The lowest BCUT2D eigenvalue weighted by Crippen LogP contribution is -2.39. The van der Waals surface area contributed by atoms with Crippen LogP contribution in [0.3, 0.4) is 0 Å². The lowest BCUT2D eigenvalue weighted by Gasteiger charge is -2.31. The fraction of sp³-hybridized carbons (Fsp3) is 0.318. The van der Waals surface area contributed by atoms with Gasteiger partial charge < -0.3 is 10.2 Å². The third-order valence-corrected chi connectivity index (χ3v) is 5.34. The lowest BCUT2D eigenvalue weighted by atomic mass is 9.96. The highest BCUT2D eigenvalue weighted by molar-refractivity contribution is 5.94. The minimum absolute atomic E-state index is 0.0470. The van der Waals surface area contributed by atoms with E-state index in [2.05, 4.69) is 25.5 Å². The van der Waals surface area contributed by atoms with Gasteiger partial charge in [0.2, 0.25) is 0 Å². The van der Waals surface area contributed by atoms with Gasteiger partial charge >= 0.3 is 0 Å². The number of hydrogen-bond donors (Lipinski definition) is 2. The van der Waals surface area contributed by atoms with E-state index in [-0.39, 0.29) is 17.7 Å². The maximum Gasteiger partial charge on any atom is 0.271 e. The molecule has 0 bridgehead atoms. The Labute approximate surface area is 174 Å². The lowest BCUT2D eigenvalue weighted by molar-refractivity contribution is 0.0698. The van der Waals surface area contributed by atoms with Crippen molar-refractivity contribution < 1.29 is 9.59 Å². The van der Waals surface area contributed by atoms with Gasteiger partial charge in [-0.05, 0) is 31.4 Å². The molecule has 1 saturated heterocycles. The number of carbonyl (C=O) groups is 2. The van der Waals surface area contributed by atoms with Crippen LogP contribution in [-0.2, 0) is 6.54 Å². The van der Waals surface area contributed by atoms with Crippen molar-refractivity contribution in [1.29, 1.82) is 0 Å². The zero-order valence-corrected chi connectivity index (χ0v) is 16.8. The van der Waals surface area contributed by atoms with Crippen LogP contribution in [0.15, 0.2) is 48.8 Å². The third kappa shape index (κ3) is 4.37. The zero-order valence-electron chi connectivity index (χ0n) is 16.8. The van der Waals surface area contributed by atoms with Gasteiger partial charge in [0.1, 0.15) is 11.5 Å². The van der Waals surface area contributed by atoms with Crippen LogP contribution in [0.1, 0.15) is 56.7 Å². The minimum Gasteiger partial charge on any atom is -0.348 e. The first-order chi connectivity index (χ1) is 14.6. The molecule has 0 unspecified atom stereocenters. The third-order valence-electron chi connectivity index (χ3n) is 5.34. The average Bonchev–Trinajstić information content (AvgIpc) is 3.32. The summed E-state index contributed by atoms with van der Waals surface area (Å²) in [7, 11) is 0. The minimum atomic E-state index is -0.192. The van der Waals surface area contributed by atoms with Gasteiger partial charge in [0.25, 0.3) is 11.8 Å². The summed E-state index contributed by atoms with van der Waals surface area (Å²) in [6, 6.07) is 11.4. The summed E-state index contributed by atoms with van der Waals surface area (Å²) in [4.78, 5) is 36.0. The zero-order chi connectivity index (χ0) is 20.9. The van der Waals surface area contributed by atoms with E-state index in [9.17, 15) is 9.59 Å². The number of nitrogens with one attached hydrogen (secondary N) is 2. The van der Waals surface area contributed by atoms with E-state index < -0.39 is 0 Å². The molecule has 1 aliphatic rings. The molecule has 0 spiro atoms. The van der Waals surface area contributed by atoms with Gasteiger partial charge in [-0.1, -0.05) is 30.3 Å². The quantitative estimate of drug-likeness (QED) is 0.680. The monoisotopic (exact) mass is 404 g/mol. The molecule has 1 atom stereocenters. The Morgan fingerprint density at radius 1 is 1.23 bits per heavy atom. The highest BCUT2D eigenvalue weighted by Gasteiger charge is 2.28. The van der Waals surface area contributed by atoms with Crippen molar-refractivity contribution in [2.24, 2.45) is 0 Å². The van der Waals surface area contributed by atoms with Gasteiger partial charge in [-0.2, -0.15) is 5.10 Å². The molecule has 2 aromatic heterocycles. The molecule has 2 amide bonds. The molecule has 1 aliphatic heterocycles. The molecule has 30 heavy (non-hydrogen) atoms. The molecular formula is C22H24N6O2. The largest absolute Gasteiger partial charge is 0.348 e.